The van der Waals surface area contributed by atoms with E-state index in [9.17, 15) is 4.79 Å². The van der Waals surface area contributed by atoms with Crippen LogP contribution in [0.25, 0.3) is 0 Å². The van der Waals surface area contributed by atoms with E-state index < -0.39 is 0 Å². The van der Waals surface area contributed by atoms with Crippen molar-refractivity contribution in [3.63, 3.8) is 0 Å². The van der Waals surface area contributed by atoms with Gasteiger partial charge in [-0.1, -0.05) is 12.1 Å². The van der Waals surface area contributed by atoms with Crippen molar-refractivity contribution in [1.82, 2.24) is 10.1 Å². The van der Waals surface area contributed by atoms with Crippen LogP contribution in [0.3, 0.4) is 0 Å². The number of piperidine rings is 1. The zero-order chi connectivity index (χ0) is 10.7. The molecule has 5 heteroatoms. The fourth-order valence-corrected chi connectivity index (χ4v) is 1.84. The first-order valence-corrected chi connectivity index (χ1v) is 5.22. The number of nitrogens with one attached hydrogen (secondary N) is 1. The Balaban J connectivity index is 1.90. The molecule has 0 spiro atoms. The summed E-state index contributed by atoms with van der Waals surface area (Å²) in [6.07, 6.45) is 3.72. The van der Waals surface area contributed by atoms with Crippen molar-refractivity contribution in [3.05, 3.63) is 12.3 Å². The SMILES string of the molecule is CC1CCCN(C(=O)Nc2ccon2)C1. The number of nitrogens with zero attached hydrogens (tertiary/aromatic N) is 2. The first-order chi connectivity index (χ1) is 7.25. The summed E-state index contributed by atoms with van der Waals surface area (Å²) < 4.78 is 4.64. The van der Waals surface area contributed by atoms with Gasteiger partial charge in [-0.3, -0.25) is 5.32 Å². The molecule has 0 aliphatic carbocycles. The molecule has 1 aromatic rings. The molecule has 5 nitrogen and oxygen atoms in total. The molecule has 2 rings (SSSR count). The molecule has 1 saturated heterocycles. The van der Waals surface area contributed by atoms with Crippen LogP contribution in [0.2, 0.25) is 0 Å². The lowest BCUT2D eigenvalue weighted by Crippen LogP contribution is -2.41. The number of hydrogen-bond donors (Lipinski definition) is 1. The molecule has 1 aromatic heterocycles. The first-order valence-electron chi connectivity index (χ1n) is 5.22. The van der Waals surface area contributed by atoms with Gasteiger partial charge in [-0.25, -0.2) is 4.79 Å². The summed E-state index contributed by atoms with van der Waals surface area (Å²) >= 11 is 0. The number of amides is 2. The minimum atomic E-state index is -0.0875. The summed E-state index contributed by atoms with van der Waals surface area (Å²) in [6.45, 7) is 3.81. The normalized spacial score (nSPS) is 21.4. The third kappa shape index (κ3) is 2.49. The number of likely N-dealkylation sites (tertiary alicyclic amines) is 1. The maximum absolute atomic E-state index is 11.7. The summed E-state index contributed by atoms with van der Waals surface area (Å²) in [5.74, 6) is 1.06. The van der Waals surface area contributed by atoms with E-state index in [1.54, 1.807) is 6.07 Å². The van der Waals surface area contributed by atoms with Crippen LogP contribution < -0.4 is 5.32 Å². The third-order valence-electron chi connectivity index (χ3n) is 2.62. The summed E-state index contributed by atoms with van der Waals surface area (Å²) in [7, 11) is 0. The van der Waals surface area contributed by atoms with Crippen molar-refractivity contribution in [2.75, 3.05) is 18.4 Å². The molecule has 0 aromatic carbocycles. The number of carbonyl (C=O) groups is 1. The van der Waals surface area contributed by atoms with E-state index in [4.69, 9.17) is 0 Å². The number of rotatable bonds is 1. The Morgan fingerprint density at radius 3 is 3.27 bits per heavy atom. The molecule has 1 unspecified atom stereocenters. The van der Waals surface area contributed by atoms with Crippen LogP contribution in [0, 0.1) is 5.92 Å². The minimum Gasteiger partial charge on any atom is -0.363 e. The van der Waals surface area contributed by atoms with E-state index in [1.807, 2.05) is 4.90 Å². The second-order valence-corrected chi connectivity index (χ2v) is 4.01. The van der Waals surface area contributed by atoms with Gasteiger partial charge in [-0.2, -0.15) is 0 Å². The molecule has 82 valence electrons. The van der Waals surface area contributed by atoms with Gasteiger partial charge in [0, 0.05) is 19.2 Å². The quantitative estimate of drug-likeness (QED) is 0.768. The molecule has 2 amide bonds. The predicted molar refractivity (Wildman–Crippen MR) is 55.5 cm³/mol. The highest BCUT2D eigenvalue weighted by Crippen LogP contribution is 2.16. The molecular formula is C10H15N3O2. The second-order valence-electron chi connectivity index (χ2n) is 4.01. The lowest BCUT2D eigenvalue weighted by molar-refractivity contribution is 0.182. The van der Waals surface area contributed by atoms with Gasteiger partial charge in [0.15, 0.2) is 5.82 Å². The first kappa shape index (κ1) is 10.0. The monoisotopic (exact) mass is 209 g/mol. The van der Waals surface area contributed by atoms with Crippen LogP contribution in [-0.4, -0.2) is 29.2 Å². The summed E-state index contributed by atoms with van der Waals surface area (Å²) in [5.41, 5.74) is 0. The van der Waals surface area contributed by atoms with Gasteiger partial charge in [0.2, 0.25) is 0 Å². The van der Waals surface area contributed by atoms with Gasteiger partial charge in [-0.15, -0.1) is 0 Å². The molecular weight excluding hydrogens is 194 g/mol. The minimum absolute atomic E-state index is 0.0875. The van der Waals surface area contributed by atoms with E-state index in [-0.39, 0.29) is 6.03 Å². The van der Waals surface area contributed by atoms with Crippen LogP contribution in [0.15, 0.2) is 16.9 Å². The van der Waals surface area contributed by atoms with Gasteiger partial charge in [0.1, 0.15) is 6.26 Å². The third-order valence-corrected chi connectivity index (χ3v) is 2.62. The Morgan fingerprint density at radius 2 is 2.60 bits per heavy atom. The van der Waals surface area contributed by atoms with Crippen molar-refractivity contribution in [2.45, 2.75) is 19.8 Å². The largest absolute Gasteiger partial charge is 0.363 e. The van der Waals surface area contributed by atoms with Crippen LogP contribution in [-0.2, 0) is 0 Å². The fraction of sp³-hybridized carbons (Fsp3) is 0.600. The highest BCUT2D eigenvalue weighted by atomic mass is 16.5. The van der Waals surface area contributed by atoms with E-state index >= 15 is 0 Å². The summed E-state index contributed by atoms with van der Waals surface area (Å²) in [5, 5.41) is 6.33. The number of urea groups is 1. The Morgan fingerprint density at radius 1 is 1.73 bits per heavy atom. The van der Waals surface area contributed by atoms with Gasteiger partial charge in [-0.05, 0) is 18.8 Å². The van der Waals surface area contributed by atoms with Crippen LogP contribution in [0.4, 0.5) is 10.6 Å². The van der Waals surface area contributed by atoms with Crippen LogP contribution in [0.5, 0.6) is 0 Å². The number of hydrogen-bond acceptors (Lipinski definition) is 3. The molecule has 15 heavy (non-hydrogen) atoms. The maximum Gasteiger partial charge on any atom is 0.323 e. The van der Waals surface area contributed by atoms with E-state index in [0.29, 0.717) is 11.7 Å². The van der Waals surface area contributed by atoms with Crippen LogP contribution >= 0.6 is 0 Å². The number of carbonyl (C=O) groups excluding carboxylic acids is 1. The second kappa shape index (κ2) is 4.33. The zero-order valence-electron chi connectivity index (χ0n) is 8.77. The fourth-order valence-electron chi connectivity index (χ4n) is 1.84. The molecule has 1 aliphatic heterocycles. The molecule has 0 bridgehead atoms. The van der Waals surface area contributed by atoms with Crippen LogP contribution in [0.1, 0.15) is 19.8 Å². The Labute approximate surface area is 88.4 Å². The lowest BCUT2D eigenvalue weighted by Gasteiger charge is -2.30. The number of aromatic nitrogens is 1. The van der Waals surface area contributed by atoms with E-state index in [2.05, 4.69) is 21.9 Å². The Hall–Kier alpha value is -1.52. The molecule has 0 saturated carbocycles. The van der Waals surface area contributed by atoms with Gasteiger partial charge in [0.05, 0.1) is 0 Å². The van der Waals surface area contributed by atoms with Crippen molar-refractivity contribution < 1.29 is 9.32 Å². The van der Waals surface area contributed by atoms with Crippen molar-refractivity contribution in [2.24, 2.45) is 5.92 Å². The van der Waals surface area contributed by atoms with Crippen molar-refractivity contribution in [3.8, 4) is 0 Å². The number of anilines is 1. The maximum atomic E-state index is 11.7. The summed E-state index contributed by atoms with van der Waals surface area (Å²) in [4.78, 5) is 13.6. The average Bonchev–Trinajstić information content (AvgIpc) is 2.70. The molecule has 1 N–H and O–H groups in total. The average molecular weight is 209 g/mol. The molecule has 1 fully saturated rings. The van der Waals surface area contributed by atoms with E-state index in [1.165, 1.54) is 12.7 Å². The highest BCUT2D eigenvalue weighted by molar-refractivity contribution is 5.88. The standard InChI is InChI=1S/C10H15N3O2/c1-8-3-2-5-13(7-8)10(14)11-9-4-6-15-12-9/h4,6,8H,2-3,5,7H2,1H3,(H,11,12,14). The van der Waals surface area contributed by atoms with Gasteiger partial charge in [0.25, 0.3) is 0 Å². The van der Waals surface area contributed by atoms with Gasteiger partial charge >= 0.3 is 6.03 Å². The highest BCUT2D eigenvalue weighted by Gasteiger charge is 2.21. The molecule has 0 radical (unpaired) electrons. The zero-order valence-corrected chi connectivity index (χ0v) is 8.77. The molecule has 1 atom stereocenters. The Kier molecular flexibility index (Phi) is 2.89. The van der Waals surface area contributed by atoms with Gasteiger partial charge < -0.3 is 9.42 Å². The van der Waals surface area contributed by atoms with Crippen molar-refractivity contribution >= 4 is 11.8 Å². The van der Waals surface area contributed by atoms with E-state index in [0.717, 1.165) is 19.5 Å². The smallest absolute Gasteiger partial charge is 0.323 e. The predicted octanol–water partition coefficient (Wildman–Crippen LogP) is 1.94. The molecule has 1 aliphatic rings. The Bertz CT molecular complexity index is 323. The molecule has 2 heterocycles. The van der Waals surface area contributed by atoms with Crippen molar-refractivity contribution in [1.29, 1.82) is 0 Å². The topological polar surface area (TPSA) is 58.4 Å². The lowest BCUT2D eigenvalue weighted by atomic mass is 10.0. The summed E-state index contributed by atoms with van der Waals surface area (Å²) in [6, 6.07) is 1.54.